The minimum absolute atomic E-state index is 0.0497. The van der Waals surface area contributed by atoms with Crippen LogP contribution in [0.1, 0.15) is 5.56 Å². The maximum absolute atomic E-state index is 13.4. The minimum atomic E-state index is -4.81. The van der Waals surface area contributed by atoms with Crippen LogP contribution >= 0.6 is 0 Å². The Kier molecular flexibility index (Phi) is 3.35. The van der Waals surface area contributed by atoms with E-state index in [9.17, 15) is 17.6 Å². The summed E-state index contributed by atoms with van der Waals surface area (Å²) in [6.07, 6.45) is -4.81. The first-order valence-corrected chi connectivity index (χ1v) is 6.60. The molecule has 23 heavy (non-hydrogen) atoms. The van der Waals surface area contributed by atoms with E-state index in [0.29, 0.717) is 17.0 Å². The summed E-state index contributed by atoms with van der Waals surface area (Å²) in [7, 11) is 0. The Morgan fingerprint density at radius 1 is 0.913 bits per heavy atom. The van der Waals surface area contributed by atoms with E-state index in [1.54, 1.807) is 24.3 Å². The van der Waals surface area contributed by atoms with Crippen molar-refractivity contribution in [3.63, 3.8) is 0 Å². The topological polar surface area (TPSA) is 64.9 Å². The van der Waals surface area contributed by atoms with E-state index >= 15 is 0 Å². The van der Waals surface area contributed by atoms with Crippen LogP contribution in [0, 0.1) is 5.82 Å². The Bertz CT molecular complexity index is 904. The fourth-order valence-corrected chi connectivity index (χ4v) is 2.36. The van der Waals surface area contributed by atoms with Crippen LogP contribution in [0.25, 0.3) is 22.2 Å². The predicted molar refractivity (Wildman–Crippen MR) is 81.0 cm³/mol. The first kappa shape index (κ1) is 15.1. The van der Waals surface area contributed by atoms with Crippen LogP contribution in [0.3, 0.4) is 0 Å². The molecule has 0 fully saturated rings. The van der Waals surface area contributed by atoms with Crippen molar-refractivity contribution in [2.24, 2.45) is 0 Å². The van der Waals surface area contributed by atoms with Gasteiger partial charge in [-0.05, 0) is 24.3 Å². The molecule has 1 heterocycles. The molecule has 0 radical (unpaired) electrons. The third-order valence-electron chi connectivity index (χ3n) is 3.52. The number of nitrogens with two attached hydrogens (primary N) is 2. The first-order chi connectivity index (χ1) is 10.8. The molecule has 0 amide bonds. The van der Waals surface area contributed by atoms with Crippen LogP contribution in [-0.4, -0.2) is 4.98 Å². The summed E-state index contributed by atoms with van der Waals surface area (Å²) in [4.78, 5) is 4.26. The summed E-state index contributed by atoms with van der Waals surface area (Å²) in [6, 6.07) is 9.47. The smallest absolute Gasteiger partial charge is 0.396 e. The third-order valence-corrected chi connectivity index (χ3v) is 3.52. The molecule has 0 bridgehead atoms. The zero-order valence-electron chi connectivity index (χ0n) is 11.7. The van der Waals surface area contributed by atoms with Gasteiger partial charge in [-0.2, -0.15) is 13.2 Å². The Morgan fingerprint density at radius 2 is 1.61 bits per heavy atom. The van der Waals surface area contributed by atoms with Gasteiger partial charge in [0.15, 0.2) is 0 Å². The summed E-state index contributed by atoms with van der Waals surface area (Å²) in [5.41, 5.74) is 11.4. The lowest BCUT2D eigenvalue weighted by molar-refractivity contribution is -0.139. The molecule has 1 aromatic heterocycles. The van der Waals surface area contributed by atoms with Gasteiger partial charge in [0.1, 0.15) is 5.82 Å². The lowest BCUT2D eigenvalue weighted by Crippen LogP contribution is -2.09. The molecular formula is C16H11F4N3. The van der Waals surface area contributed by atoms with Gasteiger partial charge >= 0.3 is 6.18 Å². The molecule has 4 N–H and O–H groups in total. The Hall–Kier alpha value is -2.83. The molecule has 0 aliphatic carbocycles. The standard InChI is InChI=1S/C16H11F4N3/c17-11-6-5-8(7-10(11)16(18,19)20)15-14(22)13(21)9-3-1-2-4-12(9)23-15/h1-7H,22H2,(H2,21,23). The van der Waals surface area contributed by atoms with E-state index < -0.39 is 17.6 Å². The lowest BCUT2D eigenvalue weighted by atomic mass is 10.0. The van der Waals surface area contributed by atoms with Gasteiger partial charge in [0.25, 0.3) is 0 Å². The molecule has 0 spiro atoms. The number of alkyl halides is 3. The van der Waals surface area contributed by atoms with Gasteiger partial charge in [0, 0.05) is 10.9 Å². The van der Waals surface area contributed by atoms with E-state index in [2.05, 4.69) is 4.98 Å². The molecule has 0 unspecified atom stereocenters. The van der Waals surface area contributed by atoms with Gasteiger partial charge in [-0.1, -0.05) is 18.2 Å². The van der Waals surface area contributed by atoms with Crippen molar-refractivity contribution in [2.45, 2.75) is 6.18 Å². The highest BCUT2D eigenvalue weighted by atomic mass is 19.4. The Morgan fingerprint density at radius 3 is 2.30 bits per heavy atom. The average Bonchev–Trinajstić information content (AvgIpc) is 2.50. The highest BCUT2D eigenvalue weighted by molar-refractivity contribution is 6.00. The highest BCUT2D eigenvalue weighted by Gasteiger charge is 2.34. The van der Waals surface area contributed by atoms with E-state index in [0.717, 1.165) is 6.07 Å². The molecule has 0 aliphatic heterocycles. The number of rotatable bonds is 1. The summed E-state index contributed by atoms with van der Waals surface area (Å²) in [6.45, 7) is 0. The maximum Gasteiger partial charge on any atom is 0.419 e. The molecule has 118 valence electrons. The first-order valence-electron chi connectivity index (χ1n) is 6.60. The molecule has 0 saturated heterocycles. The molecule has 0 saturated carbocycles. The number of nitrogen functional groups attached to an aromatic ring is 2. The Labute approximate surface area is 128 Å². The van der Waals surface area contributed by atoms with Gasteiger partial charge in [-0.15, -0.1) is 0 Å². The zero-order valence-corrected chi connectivity index (χ0v) is 11.7. The van der Waals surface area contributed by atoms with E-state index in [1.807, 2.05) is 0 Å². The second-order valence-corrected chi connectivity index (χ2v) is 5.00. The minimum Gasteiger partial charge on any atom is -0.396 e. The largest absolute Gasteiger partial charge is 0.419 e. The molecule has 3 rings (SSSR count). The van der Waals surface area contributed by atoms with E-state index in [4.69, 9.17) is 11.5 Å². The zero-order chi connectivity index (χ0) is 16.8. The monoisotopic (exact) mass is 321 g/mol. The van der Waals surface area contributed by atoms with Crippen molar-refractivity contribution in [2.75, 3.05) is 11.5 Å². The normalized spacial score (nSPS) is 11.8. The van der Waals surface area contributed by atoms with Gasteiger partial charge in [0.2, 0.25) is 0 Å². The predicted octanol–water partition coefficient (Wildman–Crippen LogP) is 4.22. The van der Waals surface area contributed by atoms with Crippen molar-refractivity contribution in [1.82, 2.24) is 4.98 Å². The van der Waals surface area contributed by atoms with E-state index in [-0.39, 0.29) is 22.6 Å². The third kappa shape index (κ3) is 2.54. The molecule has 0 atom stereocenters. The summed E-state index contributed by atoms with van der Waals surface area (Å²) >= 11 is 0. The summed E-state index contributed by atoms with van der Waals surface area (Å²) in [5, 5.41) is 0.604. The highest BCUT2D eigenvalue weighted by Crippen LogP contribution is 2.38. The molecule has 2 aromatic carbocycles. The molecule has 0 aliphatic rings. The van der Waals surface area contributed by atoms with Gasteiger partial charge in [0.05, 0.1) is 28.1 Å². The van der Waals surface area contributed by atoms with Crippen LogP contribution in [-0.2, 0) is 6.18 Å². The number of nitrogens with zero attached hydrogens (tertiary/aromatic N) is 1. The quantitative estimate of drug-likeness (QED) is 0.659. The summed E-state index contributed by atoms with van der Waals surface area (Å²) in [5.74, 6) is -1.35. The van der Waals surface area contributed by atoms with Gasteiger partial charge in [-0.3, -0.25) is 0 Å². The number of pyridine rings is 1. The molecule has 3 nitrogen and oxygen atoms in total. The number of anilines is 2. The van der Waals surface area contributed by atoms with Gasteiger partial charge in [-0.25, -0.2) is 9.37 Å². The number of aromatic nitrogens is 1. The number of benzene rings is 2. The number of para-hydroxylation sites is 1. The lowest BCUT2D eigenvalue weighted by Gasteiger charge is -2.13. The van der Waals surface area contributed by atoms with Crippen molar-refractivity contribution in [3.05, 3.63) is 53.8 Å². The summed E-state index contributed by atoms with van der Waals surface area (Å²) < 4.78 is 52.0. The number of hydrogen-bond acceptors (Lipinski definition) is 3. The van der Waals surface area contributed by atoms with Crippen LogP contribution in [0.2, 0.25) is 0 Å². The number of halogens is 4. The maximum atomic E-state index is 13.4. The van der Waals surface area contributed by atoms with Crippen molar-refractivity contribution >= 4 is 22.3 Å². The van der Waals surface area contributed by atoms with Crippen LogP contribution < -0.4 is 11.5 Å². The second-order valence-electron chi connectivity index (χ2n) is 5.00. The number of hydrogen-bond donors (Lipinski definition) is 2. The van der Waals surface area contributed by atoms with Crippen molar-refractivity contribution in [1.29, 1.82) is 0 Å². The average molecular weight is 321 g/mol. The fourth-order valence-electron chi connectivity index (χ4n) is 2.36. The van der Waals surface area contributed by atoms with E-state index in [1.165, 1.54) is 6.07 Å². The second kappa shape index (κ2) is 5.12. The van der Waals surface area contributed by atoms with Crippen LogP contribution in [0.5, 0.6) is 0 Å². The fraction of sp³-hybridized carbons (Fsp3) is 0.0625. The Balaban J connectivity index is 2.27. The van der Waals surface area contributed by atoms with Crippen LogP contribution in [0.4, 0.5) is 28.9 Å². The van der Waals surface area contributed by atoms with Crippen LogP contribution in [0.15, 0.2) is 42.5 Å². The van der Waals surface area contributed by atoms with Crippen molar-refractivity contribution < 1.29 is 17.6 Å². The van der Waals surface area contributed by atoms with Gasteiger partial charge < -0.3 is 11.5 Å². The SMILES string of the molecule is Nc1c(-c2ccc(F)c(C(F)(F)F)c2)nc2ccccc2c1N. The molecule has 3 aromatic rings. The number of fused-ring (bicyclic) bond motifs is 1. The molecular weight excluding hydrogens is 310 g/mol. The van der Waals surface area contributed by atoms with Crippen molar-refractivity contribution in [3.8, 4) is 11.3 Å². The molecule has 7 heteroatoms.